The molecular weight excluding hydrogens is 821 g/mol. The molecule has 0 radical (unpaired) electrons. The summed E-state index contributed by atoms with van der Waals surface area (Å²) in [5.74, 6) is 0. The number of anilines is 6. The van der Waals surface area contributed by atoms with Crippen LogP contribution < -0.4 is 9.80 Å². The van der Waals surface area contributed by atoms with Gasteiger partial charge in [0.25, 0.3) is 0 Å². The van der Waals surface area contributed by atoms with Crippen LogP contribution >= 0.6 is 0 Å². The molecule has 0 amide bonds. The minimum absolute atomic E-state index is 0.0387. The summed E-state index contributed by atoms with van der Waals surface area (Å²) in [6.07, 6.45) is 0. The largest absolute Gasteiger partial charge is 0.310 e. The highest BCUT2D eigenvalue weighted by atomic mass is 15.1. The van der Waals surface area contributed by atoms with Gasteiger partial charge in [0.1, 0.15) is 0 Å². The van der Waals surface area contributed by atoms with E-state index in [0.29, 0.717) is 0 Å². The van der Waals surface area contributed by atoms with Gasteiger partial charge in [-0.1, -0.05) is 186 Å². The van der Waals surface area contributed by atoms with Crippen LogP contribution in [-0.2, 0) is 27.1 Å². The van der Waals surface area contributed by atoms with E-state index in [1.54, 1.807) is 0 Å². The molecule has 2 nitrogen and oxygen atoms in total. The zero-order valence-corrected chi connectivity index (χ0v) is 42.6. The second kappa shape index (κ2) is 16.0. The Morgan fingerprint density at radius 3 is 0.956 bits per heavy atom. The molecule has 10 rings (SSSR count). The molecule has 0 atom stereocenters. The summed E-state index contributed by atoms with van der Waals surface area (Å²) in [5, 5.41) is 0. The Hall–Kier alpha value is -6.64. The van der Waals surface area contributed by atoms with Crippen LogP contribution in [0, 0.1) is 6.92 Å². The summed E-state index contributed by atoms with van der Waals surface area (Å²) >= 11 is 0. The quantitative estimate of drug-likeness (QED) is 0.164. The molecule has 0 aliphatic heterocycles. The first-order valence-electron chi connectivity index (χ1n) is 24.7. The minimum atomic E-state index is -0.560. The van der Waals surface area contributed by atoms with Crippen LogP contribution in [0.15, 0.2) is 176 Å². The van der Waals surface area contributed by atoms with Gasteiger partial charge in [0, 0.05) is 34.1 Å². The van der Waals surface area contributed by atoms with Gasteiger partial charge in [-0.2, -0.15) is 0 Å². The Balaban J connectivity index is 1.22. The smallest absolute Gasteiger partial charge is 0.0727 e. The molecule has 0 saturated carbocycles. The van der Waals surface area contributed by atoms with Gasteiger partial charge in [0.2, 0.25) is 0 Å². The number of fused-ring (bicyclic) bond motifs is 10. The average Bonchev–Trinajstić information content (AvgIpc) is 3.75. The first kappa shape index (κ1) is 45.2. The van der Waals surface area contributed by atoms with Gasteiger partial charge in [-0.25, -0.2) is 0 Å². The lowest BCUT2D eigenvalue weighted by Gasteiger charge is -2.33. The molecule has 2 aliphatic rings. The lowest BCUT2D eigenvalue weighted by molar-refractivity contribution is 0.586. The lowest BCUT2D eigenvalue weighted by atomic mass is 9.70. The average molecular weight is 889 g/mol. The molecule has 0 N–H and O–H groups in total. The third kappa shape index (κ3) is 7.48. The summed E-state index contributed by atoms with van der Waals surface area (Å²) < 4.78 is 0. The van der Waals surface area contributed by atoms with Crippen molar-refractivity contribution in [2.45, 2.75) is 117 Å². The van der Waals surface area contributed by atoms with E-state index < -0.39 is 5.41 Å². The second-order valence-electron chi connectivity index (χ2n) is 23.6. The van der Waals surface area contributed by atoms with Gasteiger partial charge < -0.3 is 9.80 Å². The fraction of sp³-hybridized carbons (Fsp3) is 0.273. The predicted octanol–water partition coefficient (Wildman–Crippen LogP) is 18.5. The van der Waals surface area contributed by atoms with Crippen molar-refractivity contribution in [2.24, 2.45) is 0 Å². The molecule has 0 heterocycles. The monoisotopic (exact) mass is 889 g/mol. The SMILES string of the molecule is Cc1cc(N(c2ccc(C(C)(C)C)cc2)c2ccc3c(c2)C2(c4ccccc4-c4ccccc42)c2cc(N(c4ccc(C(C)(C)C)cc4)c4ccc(C(C)(C)C)cc4)ccc2-3)ccc1C(C)(C)C. The molecule has 0 saturated heterocycles. The molecule has 0 unspecified atom stereocenters. The molecule has 0 aromatic heterocycles. The zero-order chi connectivity index (χ0) is 48.1. The van der Waals surface area contributed by atoms with Gasteiger partial charge in [-0.3, -0.25) is 0 Å². The van der Waals surface area contributed by atoms with Gasteiger partial charge in [0.05, 0.1) is 5.41 Å². The van der Waals surface area contributed by atoms with E-state index >= 15 is 0 Å². The van der Waals surface area contributed by atoms with Gasteiger partial charge in [-0.05, 0) is 174 Å². The van der Waals surface area contributed by atoms with Crippen LogP contribution in [0.2, 0.25) is 0 Å². The Kier molecular flexibility index (Phi) is 10.6. The molecule has 2 aliphatic carbocycles. The van der Waals surface area contributed by atoms with Crippen LogP contribution in [0.1, 0.15) is 133 Å². The van der Waals surface area contributed by atoms with Crippen LogP contribution in [0.25, 0.3) is 22.3 Å². The maximum atomic E-state index is 2.52. The van der Waals surface area contributed by atoms with Crippen molar-refractivity contribution in [3.63, 3.8) is 0 Å². The van der Waals surface area contributed by atoms with Crippen molar-refractivity contribution < 1.29 is 0 Å². The van der Waals surface area contributed by atoms with Crippen molar-refractivity contribution in [1.82, 2.24) is 0 Å². The van der Waals surface area contributed by atoms with E-state index in [0.717, 1.165) is 34.1 Å². The van der Waals surface area contributed by atoms with Crippen LogP contribution in [0.4, 0.5) is 34.1 Å². The molecule has 0 fully saturated rings. The second-order valence-corrected chi connectivity index (χ2v) is 23.6. The summed E-state index contributed by atoms with van der Waals surface area (Å²) in [5.41, 5.74) is 23.6. The van der Waals surface area contributed by atoms with E-state index in [1.165, 1.54) is 72.3 Å². The maximum Gasteiger partial charge on any atom is 0.0727 e. The number of rotatable bonds is 6. The molecule has 1 spiro atoms. The van der Waals surface area contributed by atoms with Crippen LogP contribution in [-0.4, -0.2) is 0 Å². The van der Waals surface area contributed by atoms with E-state index in [-0.39, 0.29) is 21.7 Å². The zero-order valence-electron chi connectivity index (χ0n) is 42.6. The summed E-state index contributed by atoms with van der Waals surface area (Å²) in [4.78, 5) is 4.94. The normalized spacial score (nSPS) is 13.8. The van der Waals surface area contributed by atoms with Crippen molar-refractivity contribution in [2.75, 3.05) is 9.80 Å². The highest BCUT2D eigenvalue weighted by Gasteiger charge is 2.52. The van der Waals surface area contributed by atoms with Gasteiger partial charge >= 0.3 is 0 Å². The topological polar surface area (TPSA) is 6.48 Å². The van der Waals surface area contributed by atoms with E-state index in [1.807, 2.05) is 0 Å². The Bertz CT molecular complexity index is 3090. The first-order chi connectivity index (χ1) is 32.2. The number of nitrogens with zero attached hydrogens (tertiary/aromatic N) is 2. The Labute approximate surface area is 407 Å². The molecule has 2 heteroatoms. The van der Waals surface area contributed by atoms with E-state index in [2.05, 4.69) is 276 Å². The number of hydrogen-bond acceptors (Lipinski definition) is 2. The Morgan fingerprint density at radius 1 is 0.294 bits per heavy atom. The number of aryl methyl sites for hydroxylation is 1. The van der Waals surface area contributed by atoms with Crippen molar-refractivity contribution in [1.29, 1.82) is 0 Å². The third-order valence-electron chi connectivity index (χ3n) is 14.8. The summed E-state index contributed by atoms with van der Waals surface area (Å²) in [6, 6.07) is 67.6. The molecule has 8 aromatic carbocycles. The standard InChI is InChI=1S/C66H68N2/c1-43-40-50(36-39-57(43)65(11,12)13)68(49-32-26-46(27-33-49)64(8,9)10)52-35-38-56-55-37-34-51(41-60(55)66(61(56)42-52)58-20-16-14-18-53(58)54-19-15-17-21-59(54)66)67(47-28-22-44(23-29-47)62(2,3)4)48-30-24-45(25-31-48)63(5,6)7/h14-42H,1-13H3. The van der Waals surface area contributed by atoms with Gasteiger partial charge in [-0.15, -0.1) is 0 Å². The predicted molar refractivity (Wildman–Crippen MR) is 292 cm³/mol. The summed E-state index contributed by atoms with van der Waals surface area (Å²) in [6.45, 7) is 29.8. The molecule has 0 bridgehead atoms. The molecular formula is C66H68N2. The number of hydrogen-bond donors (Lipinski definition) is 0. The van der Waals surface area contributed by atoms with Crippen molar-refractivity contribution >= 4 is 34.1 Å². The fourth-order valence-electron chi connectivity index (χ4n) is 11.2. The Morgan fingerprint density at radius 2 is 0.603 bits per heavy atom. The first-order valence-corrected chi connectivity index (χ1v) is 24.7. The van der Waals surface area contributed by atoms with Gasteiger partial charge in [0.15, 0.2) is 0 Å². The highest BCUT2D eigenvalue weighted by Crippen LogP contribution is 2.64. The molecule has 68 heavy (non-hydrogen) atoms. The highest BCUT2D eigenvalue weighted by molar-refractivity contribution is 5.97. The number of benzene rings is 8. The van der Waals surface area contributed by atoms with Crippen LogP contribution in [0.3, 0.4) is 0 Å². The van der Waals surface area contributed by atoms with E-state index in [4.69, 9.17) is 0 Å². The molecule has 342 valence electrons. The third-order valence-corrected chi connectivity index (χ3v) is 14.8. The lowest BCUT2D eigenvalue weighted by Crippen LogP contribution is -2.26. The maximum absolute atomic E-state index is 2.52. The summed E-state index contributed by atoms with van der Waals surface area (Å²) in [7, 11) is 0. The minimum Gasteiger partial charge on any atom is -0.310 e. The fourth-order valence-corrected chi connectivity index (χ4v) is 11.2. The van der Waals surface area contributed by atoms with Crippen LogP contribution in [0.5, 0.6) is 0 Å². The van der Waals surface area contributed by atoms with E-state index in [9.17, 15) is 0 Å². The van der Waals surface area contributed by atoms with Crippen molar-refractivity contribution in [3.8, 4) is 22.3 Å². The van der Waals surface area contributed by atoms with Crippen molar-refractivity contribution in [3.05, 3.63) is 226 Å². The molecule has 8 aromatic rings.